The minimum atomic E-state index is -0.499. The van der Waals surface area contributed by atoms with Crippen LogP contribution in [-0.4, -0.2) is 52.5 Å². The molecule has 0 aliphatic carbocycles. The maximum Gasteiger partial charge on any atom is 0.325 e. The van der Waals surface area contributed by atoms with Gasteiger partial charge < -0.3 is 19.5 Å². The Morgan fingerprint density at radius 3 is 2.61 bits per heavy atom. The topological polar surface area (TPSA) is 102 Å². The third kappa shape index (κ3) is 6.73. The first-order valence-corrected chi connectivity index (χ1v) is 9.68. The molecule has 1 N–H and O–H groups in total. The van der Waals surface area contributed by atoms with E-state index in [0.717, 1.165) is 5.56 Å². The van der Waals surface area contributed by atoms with E-state index in [1.54, 1.807) is 19.9 Å². The molecule has 28 heavy (non-hydrogen) atoms. The van der Waals surface area contributed by atoms with Crippen LogP contribution in [0.25, 0.3) is 0 Å². The Kier molecular flexibility index (Phi) is 8.06. The fourth-order valence-electron chi connectivity index (χ4n) is 2.27. The number of rotatable bonds is 9. The van der Waals surface area contributed by atoms with E-state index >= 15 is 0 Å². The largest absolute Gasteiger partial charge is 0.468 e. The quantitative estimate of drug-likeness (QED) is 0.638. The highest BCUT2D eigenvalue weighted by Crippen LogP contribution is 2.16. The minimum Gasteiger partial charge on any atom is -0.468 e. The molecular weight excluding hydrogens is 382 g/mol. The second-order valence-electron chi connectivity index (χ2n) is 6.08. The molecule has 0 spiro atoms. The van der Waals surface area contributed by atoms with Gasteiger partial charge in [0.15, 0.2) is 5.82 Å². The van der Waals surface area contributed by atoms with Crippen LogP contribution in [0, 0.1) is 6.92 Å². The Labute approximate surface area is 167 Å². The fourth-order valence-corrected chi connectivity index (χ4v) is 3.06. The number of aryl methyl sites for hydroxylation is 1. The van der Waals surface area contributed by atoms with Crippen molar-refractivity contribution in [1.82, 2.24) is 10.1 Å². The molecule has 0 saturated carbocycles. The molecule has 1 atom stereocenters. The molecule has 0 aliphatic heterocycles. The summed E-state index contributed by atoms with van der Waals surface area (Å²) >= 11 is 1.18. The molecule has 2 aromatic rings. The molecule has 1 heterocycles. The van der Waals surface area contributed by atoms with E-state index in [-0.39, 0.29) is 30.7 Å². The van der Waals surface area contributed by atoms with Crippen molar-refractivity contribution >= 4 is 35.4 Å². The van der Waals surface area contributed by atoms with E-state index in [2.05, 4.69) is 15.2 Å². The maximum atomic E-state index is 12.6. The first-order chi connectivity index (χ1) is 13.4. The van der Waals surface area contributed by atoms with Gasteiger partial charge in [-0.15, -0.1) is 11.8 Å². The normalized spacial score (nSPS) is 11.5. The summed E-state index contributed by atoms with van der Waals surface area (Å²) in [5, 5.41) is 5.85. The number of carbonyl (C=O) groups is 3. The Balaban J connectivity index is 1.91. The molecule has 0 aliphatic rings. The number of aromatic nitrogens is 1. The lowest BCUT2D eigenvalue weighted by atomic mass is 10.2. The molecule has 0 fully saturated rings. The zero-order valence-corrected chi connectivity index (χ0v) is 16.8. The Bertz CT molecular complexity index is 809. The lowest BCUT2D eigenvalue weighted by Gasteiger charge is -2.22. The summed E-state index contributed by atoms with van der Waals surface area (Å²) in [5.41, 5.74) is 0.900. The van der Waals surface area contributed by atoms with Crippen LogP contribution < -0.4 is 5.32 Å². The first kappa shape index (κ1) is 21.5. The number of methoxy groups -OCH3 is 1. The van der Waals surface area contributed by atoms with Gasteiger partial charge in [-0.05, 0) is 19.4 Å². The minimum absolute atomic E-state index is 0.0518. The molecule has 1 aromatic carbocycles. The van der Waals surface area contributed by atoms with Gasteiger partial charge in [-0.2, -0.15) is 0 Å². The van der Waals surface area contributed by atoms with Gasteiger partial charge >= 0.3 is 5.97 Å². The number of carbonyl (C=O) groups excluding carboxylic acids is 3. The van der Waals surface area contributed by atoms with Crippen molar-refractivity contribution in [3.05, 3.63) is 47.7 Å². The number of esters is 1. The number of thioether (sulfide) groups is 1. The van der Waals surface area contributed by atoms with Gasteiger partial charge in [0.05, 0.1) is 18.1 Å². The van der Waals surface area contributed by atoms with Crippen molar-refractivity contribution in [3.8, 4) is 0 Å². The summed E-state index contributed by atoms with van der Waals surface area (Å²) in [7, 11) is 1.28. The predicted octanol–water partition coefficient (Wildman–Crippen LogP) is 2.25. The molecule has 1 unspecified atom stereocenters. The van der Waals surface area contributed by atoms with Crippen molar-refractivity contribution in [2.45, 2.75) is 25.6 Å². The molecule has 0 bridgehead atoms. The van der Waals surface area contributed by atoms with Crippen LogP contribution in [0.2, 0.25) is 0 Å². The van der Waals surface area contributed by atoms with E-state index in [1.165, 1.54) is 23.8 Å². The average Bonchev–Trinajstić information content (AvgIpc) is 3.10. The van der Waals surface area contributed by atoms with Gasteiger partial charge in [0.25, 0.3) is 0 Å². The molecule has 9 heteroatoms. The number of hydrogen-bond donors (Lipinski definition) is 1. The Morgan fingerprint density at radius 1 is 1.29 bits per heavy atom. The van der Waals surface area contributed by atoms with Gasteiger partial charge in [-0.1, -0.05) is 35.5 Å². The summed E-state index contributed by atoms with van der Waals surface area (Å²) in [5.74, 6) is -0.0647. The van der Waals surface area contributed by atoms with Crippen molar-refractivity contribution in [1.29, 1.82) is 0 Å². The lowest BCUT2D eigenvalue weighted by molar-refractivity contribution is -0.146. The summed E-state index contributed by atoms with van der Waals surface area (Å²) in [6.07, 6.45) is 0. The molecule has 0 radical (unpaired) electrons. The predicted molar refractivity (Wildman–Crippen MR) is 106 cm³/mol. The van der Waals surface area contributed by atoms with E-state index in [0.29, 0.717) is 11.6 Å². The van der Waals surface area contributed by atoms with Gasteiger partial charge in [0.1, 0.15) is 12.3 Å². The van der Waals surface area contributed by atoms with Crippen LogP contribution in [0.3, 0.4) is 0 Å². The number of nitrogens with zero attached hydrogens (tertiary/aromatic N) is 2. The average molecular weight is 405 g/mol. The van der Waals surface area contributed by atoms with E-state index in [1.807, 2.05) is 30.3 Å². The Hall–Kier alpha value is -2.81. The van der Waals surface area contributed by atoms with Crippen LogP contribution in [-0.2, 0) is 25.7 Å². The number of anilines is 1. The molecule has 0 saturated heterocycles. The highest BCUT2D eigenvalue weighted by atomic mass is 32.2. The van der Waals surface area contributed by atoms with Crippen molar-refractivity contribution < 1.29 is 23.6 Å². The summed E-state index contributed by atoms with van der Waals surface area (Å²) in [6.45, 7) is 3.56. The molecule has 2 amide bonds. The zero-order chi connectivity index (χ0) is 20.5. The van der Waals surface area contributed by atoms with Crippen molar-refractivity contribution in [3.63, 3.8) is 0 Å². The lowest BCUT2D eigenvalue weighted by Crippen LogP contribution is -2.37. The first-order valence-electron chi connectivity index (χ1n) is 8.63. The second kappa shape index (κ2) is 10.5. The third-order valence-corrected chi connectivity index (χ3v) is 4.95. The SMILES string of the molecule is COC(=O)CN(Cc1ccccc1)C(=O)CSC(C)C(=O)Nc1cc(C)on1. The molecule has 2 rings (SSSR count). The van der Waals surface area contributed by atoms with Crippen molar-refractivity contribution in [2.24, 2.45) is 0 Å². The second-order valence-corrected chi connectivity index (χ2v) is 7.41. The molecule has 150 valence electrons. The summed E-state index contributed by atoms with van der Waals surface area (Å²) in [4.78, 5) is 37.9. The standard InChI is InChI=1S/C19H23N3O5S/c1-13-9-16(21-27-13)20-19(25)14(2)28-12-17(23)22(11-18(24)26-3)10-15-7-5-4-6-8-15/h4-9,14H,10-12H2,1-3H3,(H,20,21,25). The number of ether oxygens (including phenoxy) is 1. The van der Waals surface area contributed by atoms with Gasteiger partial charge in [-0.3, -0.25) is 14.4 Å². The van der Waals surface area contributed by atoms with Crippen molar-refractivity contribution in [2.75, 3.05) is 24.7 Å². The summed E-state index contributed by atoms with van der Waals surface area (Å²) in [6, 6.07) is 11.0. The number of benzene rings is 1. The number of amides is 2. The summed E-state index contributed by atoms with van der Waals surface area (Å²) < 4.78 is 9.58. The maximum absolute atomic E-state index is 12.6. The molecular formula is C19H23N3O5S. The monoisotopic (exact) mass is 405 g/mol. The highest BCUT2D eigenvalue weighted by Gasteiger charge is 2.21. The Morgan fingerprint density at radius 2 is 2.00 bits per heavy atom. The molecule has 8 nitrogen and oxygen atoms in total. The highest BCUT2D eigenvalue weighted by molar-refractivity contribution is 8.01. The number of nitrogens with one attached hydrogen (secondary N) is 1. The third-order valence-electron chi connectivity index (χ3n) is 3.82. The van der Waals surface area contributed by atoms with Crippen LogP contribution in [0.1, 0.15) is 18.2 Å². The van der Waals surface area contributed by atoms with Gasteiger partial charge in [-0.25, -0.2) is 0 Å². The van der Waals surface area contributed by atoms with E-state index in [4.69, 9.17) is 4.52 Å². The smallest absolute Gasteiger partial charge is 0.325 e. The van der Waals surface area contributed by atoms with Crippen LogP contribution in [0.4, 0.5) is 5.82 Å². The van der Waals surface area contributed by atoms with Crippen LogP contribution in [0.15, 0.2) is 40.9 Å². The van der Waals surface area contributed by atoms with E-state index in [9.17, 15) is 14.4 Å². The van der Waals surface area contributed by atoms with Gasteiger partial charge in [0, 0.05) is 12.6 Å². The number of hydrogen-bond acceptors (Lipinski definition) is 7. The fraction of sp³-hybridized carbons (Fsp3) is 0.368. The zero-order valence-electron chi connectivity index (χ0n) is 16.0. The van der Waals surface area contributed by atoms with Crippen LogP contribution >= 0.6 is 11.8 Å². The van der Waals surface area contributed by atoms with Crippen LogP contribution in [0.5, 0.6) is 0 Å². The van der Waals surface area contributed by atoms with Gasteiger partial charge in [0.2, 0.25) is 11.8 Å². The molecule has 1 aromatic heterocycles. The van der Waals surface area contributed by atoms with E-state index < -0.39 is 11.2 Å².